The quantitative estimate of drug-likeness (QED) is 0.831. The summed E-state index contributed by atoms with van der Waals surface area (Å²) < 4.78 is 44.1. The number of hydrogen-bond acceptors (Lipinski definition) is 3. The highest BCUT2D eigenvalue weighted by atomic mass is 19.4. The molecule has 1 saturated heterocycles. The molecule has 2 heterocycles. The lowest BCUT2D eigenvalue weighted by Crippen LogP contribution is -2.44. The molecule has 124 valence electrons. The van der Waals surface area contributed by atoms with Gasteiger partial charge < -0.3 is 9.64 Å². The third kappa shape index (κ3) is 3.13. The zero-order valence-corrected chi connectivity index (χ0v) is 13.1. The monoisotopic (exact) mass is 324 g/mol. The minimum Gasteiger partial charge on any atom is -0.379 e. The topological polar surface area (TPSA) is 25.4 Å². The third-order valence-electron chi connectivity index (χ3n) is 4.58. The van der Waals surface area contributed by atoms with Gasteiger partial charge in [0.15, 0.2) is 0 Å². The molecule has 0 spiro atoms. The van der Waals surface area contributed by atoms with Crippen LogP contribution in [-0.2, 0) is 10.9 Å². The summed E-state index contributed by atoms with van der Waals surface area (Å²) >= 11 is 0. The highest BCUT2D eigenvalue weighted by Gasteiger charge is 2.31. The second-order valence-corrected chi connectivity index (χ2v) is 6.05. The Morgan fingerprint density at radius 2 is 2.04 bits per heavy atom. The van der Waals surface area contributed by atoms with Gasteiger partial charge in [-0.15, -0.1) is 0 Å². The first-order chi connectivity index (χ1) is 10.9. The summed E-state index contributed by atoms with van der Waals surface area (Å²) in [6, 6.07) is 5.60. The number of halogens is 3. The summed E-state index contributed by atoms with van der Waals surface area (Å²) in [6.45, 7) is 3.75. The normalized spacial score (nSPS) is 22.6. The molecule has 1 aromatic heterocycles. The minimum absolute atomic E-state index is 0.126. The Labute approximate surface area is 133 Å². The van der Waals surface area contributed by atoms with Gasteiger partial charge in [-0.1, -0.05) is 13.0 Å². The lowest BCUT2D eigenvalue weighted by Gasteiger charge is -2.38. The Hall–Kier alpha value is -1.82. The van der Waals surface area contributed by atoms with Crippen LogP contribution in [0.4, 0.5) is 18.9 Å². The van der Waals surface area contributed by atoms with Crippen molar-refractivity contribution in [2.45, 2.75) is 25.6 Å². The predicted molar refractivity (Wildman–Crippen MR) is 83.5 cm³/mol. The van der Waals surface area contributed by atoms with Gasteiger partial charge in [-0.05, 0) is 30.5 Å². The van der Waals surface area contributed by atoms with Crippen molar-refractivity contribution in [1.82, 2.24) is 4.98 Å². The molecular weight excluding hydrogens is 305 g/mol. The second-order valence-electron chi connectivity index (χ2n) is 6.05. The van der Waals surface area contributed by atoms with Crippen molar-refractivity contribution in [3.05, 3.63) is 36.0 Å². The number of hydrogen-bond donors (Lipinski definition) is 0. The van der Waals surface area contributed by atoms with Crippen LogP contribution in [0, 0.1) is 5.92 Å². The molecule has 0 bridgehead atoms. The van der Waals surface area contributed by atoms with Gasteiger partial charge in [-0.25, -0.2) is 0 Å². The van der Waals surface area contributed by atoms with E-state index in [1.807, 2.05) is 6.07 Å². The molecule has 1 aromatic carbocycles. The number of ether oxygens (including phenoxy) is 1. The molecule has 1 aliphatic heterocycles. The fraction of sp³-hybridized carbons (Fsp3) is 0.471. The lowest BCUT2D eigenvalue weighted by atomic mass is 9.95. The number of methoxy groups -OCH3 is 1. The first-order valence-corrected chi connectivity index (χ1v) is 7.64. The molecular formula is C17H19F3N2O. The van der Waals surface area contributed by atoms with Crippen LogP contribution in [0.2, 0.25) is 0 Å². The maximum Gasteiger partial charge on any atom is 0.416 e. The number of rotatable bonds is 2. The van der Waals surface area contributed by atoms with E-state index < -0.39 is 11.7 Å². The van der Waals surface area contributed by atoms with Gasteiger partial charge in [0.25, 0.3) is 0 Å². The number of alkyl halides is 3. The number of anilines is 1. The van der Waals surface area contributed by atoms with Gasteiger partial charge in [0.05, 0.1) is 17.2 Å². The van der Waals surface area contributed by atoms with Gasteiger partial charge in [-0.2, -0.15) is 13.2 Å². The van der Waals surface area contributed by atoms with Crippen LogP contribution in [0.1, 0.15) is 18.9 Å². The van der Waals surface area contributed by atoms with Gasteiger partial charge >= 0.3 is 6.18 Å². The summed E-state index contributed by atoms with van der Waals surface area (Å²) in [5.74, 6) is 0.473. The molecule has 23 heavy (non-hydrogen) atoms. The molecule has 1 aliphatic rings. The van der Waals surface area contributed by atoms with Crippen LogP contribution >= 0.6 is 0 Å². The minimum atomic E-state index is -4.35. The molecule has 0 saturated carbocycles. The first kappa shape index (κ1) is 16.1. The molecule has 2 unspecified atom stereocenters. The van der Waals surface area contributed by atoms with Gasteiger partial charge in [0.1, 0.15) is 0 Å². The van der Waals surface area contributed by atoms with Crippen LogP contribution in [0.5, 0.6) is 0 Å². The van der Waals surface area contributed by atoms with Gasteiger partial charge in [-0.3, -0.25) is 4.98 Å². The van der Waals surface area contributed by atoms with Crippen LogP contribution < -0.4 is 4.90 Å². The lowest BCUT2D eigenvalue weighted by molar-refractivity contribution is -0.137. The highest BCUT2D eigenvalue weighted by molar-refractivity contribution is 5.92. The van der Waals surface area contributed by atoms with Gasteiger partial charge in [0.2, 0.25) is 0 Å². The average molecular weight is 324 g/mol. The largest absolute Gasteiger partial charge is 0.416 e. The Bertz CT molecular complexity index is 702. The molecule has 3 nitrogen and oxygen atoms in total. The number of fused-ring (bicyclic) bond motifs is 1. The van der Waals surface area contributed by atoms with Crippen molar-refractivity contribution in [2.24, 2.45) is 5.92 Å². The van der Waals surface area contributed by atoms with Crippen molar-refractivity contribution in [1.29, 1.82) is 0 Å². The molecule has 2 aromatic rings. The van der Waals surface area contributed by atoms with Crippen molar-refractivity contribution >= 4 is 16.6 Å². The van der Waals surface area contributed by atoms with E-state index in [0.29, 0.717) is 11.4 Å². The summed E-state index contributed by atoms with van der Waals surface area (Å²) in [4.78, 5) is 6.28. The van der Waals surface area contributed by atoms with E-state index >= 15 is 0 Å². The molecule has 1 fully saturated rings. The number of piperidine rings is 1. The average Bonchev–Trinajstić information content (AvgIpc) is 2.53. The summed E-state index contributed by atoms with van der Waals surface area (Å²) in [7, 11) is 1.70. The first-order valence-electron chi connectivity index (χ1n) is 7.64. The summed E-state index contributed by atoms with van der Waals surface area (Å²) in [6.07, 6.45) is -1.67. The second kappa shape index (κ2) is 6.00. The van der Waals surface area contributed by atoms with E-state index in [4.69, 9.17) is 4.74 Å². The van der Waals surface area contributed by atoms with Crippen LogP contribution in [0.15, 0.2) is 30.5 Å². The SMILES string of the molecule is COC1CN(c2ccnc3cc(C(F)(F)F)ccc23)CCC1C. The maximum absolute atomic E-state index is 12.9. The Kier molecular flexibility index (Phi) is 4.19. The Balaban J connectivity index is 1.98. The fourth-order valence-electron chi connectivity index (χ4n) is 3.14. The van der Waals surface area contributed by atoms with E-state index in [9.17, 15) is 13.2 Å². The van der Waals surface area contributed by atoms with Gasteiger partial charge in [0, 0.05) is 37.5 Å². The van der Waals surface area contributed by atoms with Crippen LogP contribution in [-0.4, -0.2) is 31.3 Å². The number of benzene rings is 1. The summed E-state index contributed by atoms with van der Waals surface area (Å²) in [5.41, 5.74) is 0.610. The third-order valence-corrected chi connectivity index (χ3v) is 4.58. The zero-order chi connectivity index (χ0) is 16.6. The maximum atomic E-state index is 12.9. The van der Waals surface area contributed by atoms with Crippen molar-refractivity contribution < 1.29 is 17.9 Å². The molecule has 3 rings (SSSR count). The van der Waals surface area contributed by atoms with Crippen LogP contribution in [0.3, 0.4) is 0 Å². The zero-order valence-electron chi connectivity index (χ0n) is 13.1. The highest BCUT2D eigenvalue weighted by Crippen LogP contribution is 2.34. The van der Waals surface area contributed by atoms with E-state index in [1.165, 1.54) is 6.07 Å². The molecule has 0 amide bonds. The molecule has 0 radical (unpaired) electrons. The molecule has 0 N–H and O–H groups in total. The standard InChI is InChI=1S/C17H19F3N2O/c1-11-6-8-22(10-16(11)23-2)15-5-7-21-14-9-12(17(18,19)20)3-4-13(14)15/h3-5,7,9,11,16H,6,8,10H2,1-2H3. The van der Waals surface area contributed by atoms with Crippen molar-refractivity contribution in [3.63, 3.8) is 0 Å². The van der Waals surface area contributed by atoms with E-state index in [0.717, 1.165) is 42.7 Å². The smallest absolute Gasteiger partial charge is 0.379 e. The number of aromatic nitrogens is 1. The summed E-state index contributed by atoms with van der Waals surface area (Å²) in [5, 5.41) is 0.741. The van der Waals surface area contributed by atoms with Crippen molar-refractivity contribution in [2.75, 3.05) is 25.1 Å². The fourth-order valence-corrected chi connectivity index (χ4v) is 3.14. The van der Waals surface area contributed by atoms with E-state index in [-0.39, 0.29) is 6.10 Å². The molecule has 6 heteroatoms. The van der Waals surface area contributed by atoms with Crippen LogP contribution in [0.25, 0.3) is 10.9 Å². The predicted octanol–water partition coefficient (Wildman–Crippen LogP) is 4.11. The van der Waals surface area contributed by atoms with E-state index in [1.54, 1.807) is 13.3 Å². The number of pyridine rings is 1. The van der Waals surface area contributed by atoms with Crippen molar-refractivity contribution in [3.8, 4) is 0 Å². The van der Waals surface area contributed by atoms with E-state index in [2.05, 4.69) is 16.8 Å². The Morgan fingerprint density at radius 3 is 2.74 bits per heavy atom. The number of nitrogens with zero attached hydrogens (tertiary/aromatic N) is 2. The Morgan fingerprint density at radius 1 is 1.26 bits per heavy atom. The molecule has 2 atom stereocenters. The molecule has 0 aliphatic carbocycles.